The maximum atomic E-state index is 3.30. The number of benzene rings is 3. The van der Waals surface area contributed by atoms with Crippen molar-refractivity contribution in [2.75, 3.05) is 0 Å². The van der Waals surface area contributed by atoms with Gasteiger partial charge in [-0.1, -0.05) is 68.9 Å². The largest absolute Gasteiger partial charge is 1.00 e. The number of rotatable bonds is 2. The van der Waals surface area contributed by atoms with Gasteiger partial charge in [0.2, 0.25) is 0 Å². The monoisotopic (exact) mass is 594 g/mol. The molecule has 0 aromatic heterocycles. The van der Waals surface area contributed by atoms with Gasteiger partial charge >= 0.3 is 70.3 Å². The van der Waals surface area contributed by atoms with E-state index >= 15 is 0 Å². The van der Waals surface area contributed by atoms with Crippen molar-refractivity contribution >= 4 is 16.5 Å². The Bertz CT molecular complexity index is 1180. The zero-order valence-corrected chi connectivity index (χ0v) is 26.5. The maximum Gasteiger partial charge on any atom is 0.00418 e. The minimum Gasteiger partial charge on any atom is -1.00 e. The van der Waals surface area contributed by atoms with Crippen LogP contribution >= 0.6 is 0 Å². The number of hydrogen-bond donors (Lipinski definition) is 0. The van der Waals surface area contributed by atoms with Crippen molar-refractivity contribution in [3.05, 3.63) is 119 Å². The van der Waals surface area contributed by atoms with Crippen LogP contribution in [0.25, 0.3) is 11.1 Å². The van der Waals surface area contributed by atoms with Gasteiger partial charge in [0.05, 0.1) is 0 Å². The summed E-state index contributed by atoms with van der Waals surface area (Å²) in [5.74, 6) is 0. The Kier molecular flexibility index (Phi) is 12.9. The van der Waals surface area contributed by atoms with Gasteiger partial charge in [0.1, 0.15) is 0 Å². The van der Waals surface area contributed by atoms with Crippen molar-refractivity contribution in [3.8, 4) is 11.1 Å². The van der Waals surface area contributed by atoms with Crippen LogP contribution in [0.2, 0.25) is 19.6 Å². The summed E-state index contributed by atoms with van der Waals surface area (Å²) in [5, 5.41) is 1.62. The van der Waals surface area contributed by atoms with E-state index < -0.39 is 8.07 Å². The predicted octanol–water partition coefficient (Wildman–Crippen LogP) is 1.41. The van der Waals surface area contributed by atoms with Gasteiger partial charge < -0.3 is 24.8 Å². The van der Waals surface area contributed by atoms with E-state index in [-0.39, 0.29) is 24.8 Å². The minimum atomic E-state index is -1.06. The SMILES string of the molecule is C[C](=[Zr+2])c1ccccc1.Cc1cc([Si](C)(C)C)c(C)[cH-]1.[Cl-].[Cl-].[c-]1cccc2c1Cc1ccccc1-2. The van der Waals surface area contributed by atoms with Gasteiger partial charge in [-0.15, -0.1) is 5.56 Å². The molecule has 1 aliphatic rings. The summed E-state index contributed by atoms with van der Waals surface area (Å²) >= 11 is 1.51. The quantitative estimate of drug-likeness (QED) is 0.214. The van der Waals surface area contributed by atoms with Crippen molar-refractivity contribution in [2.24, 2.45) is 0 Å². The van der Waals surface area contributed by atoms with Crippen molar-refractivity contribution < 1.29 is 49.0 Å². The second-order valence-corrected chi connectivity index (χ2v) is 16.6. The average Bonchev–Trinajstić information content (AvgIpc) is 3.34. The zero-order chi connectivity index (χ0) is 24.0. The molecule has 4 aromatic carbocycles. The topological polar surface area (TPSA) is 0 Å². The Hall–Kier alpha value is -1.44. The first-order valence-corrected chi connectivity index (χ1v) is 16.3. The number of aryl methyl sites for hydroxylation is 2. The Morgan fingerprint density at radius 2 is 1.46 bits per heavy atom. The van der Waals surface area contributed by atoms with Gasteiger partial charge in [0.15, 0.2) is 0 Å². The van der Waals surface area contributed by atoms with Crippen LogP contribution in [0.1, 0.15) is 34.7 Å². The molecule has 5 rings (SSSR count). The van der Waals surface area contributed by atoms with Crippen LogP contribution in [0, 0.1) is 19.9 Å². The molecule has 0 saturated carbocycles. The Morgan fingerprint density at radius 3 is 1.97 bits per heavy atom. The molecule has 0 atom stereocenters. The first kappa shape index (κ1) is 31.6. The van der Waals surface area contributed by atoms with Crippen LogP contribution < -0.4 is 30.0 Å². The Balaban J connectivity index is 0.000000260. The van der Waals surface area contributed by atoms with Crippen LogP contribution in [0.4, 0.5) is 0 Å². The molecule has 35 heavy (non-hydrogen) atoms. The molecule has 4 heteroatoms. The van der Waals surface area contributed by atoms with Gasteiger partial charge in [0.25, 0.3) is 0 Å². The number of fused-ring (bicyclic) bond motifs is 3. The van der Waals surface area contributed by atoms with Gasteiger partial charge in [-0.05, 0) is 6.42 Å². The molecule has 1 aliphatic carbocycles. The third-order valence-electron chi connectivity index (χ3n) is 5.87. The molecular formula is C31H34Cl2SiZr-2. The molecule has 0 bridgehead atoms. The summed E-state index contributed by atoms with van der Waals surface area (Å²) in [6.45, 7) is 13.8. The second kappa shape index (κ2) is 14.3. The molecule has 0 unspecified atom stereocenters. The van der Waals surface area contributed by atoms with Crippen LogP contribution in [0.15, 0.2) is 84.9 Å². The maximum absolute atomic E-state index is 3.30. The van der Waals surface area contributed by atoms with Gasteiger partial charge in [0, 0.05) is 8.07 Å². The molecule has 0 spiro atoms. The fourth-order valence-electron chi connectivity index (χ4n) is 4.30. The average molecular weight is 597 g/mol. The van der Waals surface area contributed by atoms with Crippen molar-refractivity contribution in [1.82, 2.24) is 0 Å². The molecule has 0 saturated heterocycles. The van der Waals surface area contributed by atoms with Crippen molar-refractivity contribution in [1.29, 1.82) is 0 Å². The van der Waals surface area contributed by atoms with Crippen molar-refractivity contribution in [3.63, 3.8) is 0 Å². The molecule has 0 radical (unpaired) electrons. The van der Waals surface area contributed by atoms with E-state index in [1.54, 1.807) is 5.19 Å². The molecule has 0 amide bonds. The summed E-state index contributed by atoms with van der Waals surface area (Å²) in [6, 6.07) is 33.2. The first-order chi connectivity index (χ1) is 15.7. The van der Waals surface area contributed by atoms with Crippen LogP contribution in [0.3, 0.4) is 0 Å². The Morgan fingerprint density at radius 1 is 0.857 bits per heavy atom. The zero-order valence-electron chi connectivity index (χ0n) is 21.5. The van der Waals surface area contributed by atoms with Gasteiger partial charge in [-0.2, -0.15) is 52.2 Å². The molecule has 182 valence electrons. The standard InChI is InChI=1S/C13H9.C10H17Si.C8H8.2ClH.Zr/c1-3-7-12-10(5-1)9-11-6-2-4-8-13(11)12;1-8-6-9(2)10(7-8)11(3,4)5;1-2-8-6-4-3-5-7-8;;;/h1-5,7-8H,9H2;6-7H,1-5H3;3-7H,1H3;2*1H;/q2*-1;;;;+2/p-2. The first-order valence-electron chi connectivity index (χ1n) is 11.6. The van der Waals surface area contributed by atoms with Crippen LogP contribution in [0.5, 0.6) is 0 Å². The summed E-state index contributed by atoms with van der Waals surface area (Å²) in [5.41, 5.74) is 9.79. The Labute approximate surface area is 240 Å². The van der Waals surface area contributed by atoms with E-state index in [4.69, 9.17) is 0 Å². The fourth-order valence-corrected chi connectivity index (χ4v) is 6.62. The molecule has 0 aliphatic heterocycles. The number of hydrogen-bond acceptors (Lipinski definition) is 0. The summed E-state index contributed by atoms with van der Waals surface area (Å²) in [7, 11) is -1.06. The van der Waals surface area contributed by atoms with Crippen LogP contribution in [-0.4, -0.2) is 11.3 Å². The van der Waals surface area contributed by atoms with Gasteiger partial charge in [-0.3, -0.25) is 0 Å². The molecule has 0 nitrogen and oxygen atoms in total. The van der Waals surface area contributed by atoms with Crippen molar-refractivity contribution in [2.45, 2.75) is 46.8 Å². The third-order valence-corrected chi connectivity index (χ3v) is 8.74. The van der Waals surface area contributed by atoms with Crippen LogP contribution in [-0.2, 0) is 30.7 Å². The molecule has 0 N–H and O–H groups in total. The number of halogens is 2. The second-order valence-electron chi connectivity index (χ2n) is 9.77. The third kappa shape index (κ3) is 8.87. The summed E-state index contributed by atoms with van der Waals surface area (Å²) < 4.78 is 1.46. The van der Waals surface area contributed by atoms with E-state index in [9.17, 15) is 0 Å². The van der Waals surface area contributed by atoms with E-state index in [1.807, 2.05) is 12.1 Å². The van der Waals surface area contributed by atoms with E-state index in [2.05, 4.69) is 119 Å². The van der Waals surface area contributed by atoms with E-state index in [0.717, 1.165) is 6.42 Å². The molecule has 0 heterocycles. The minimum absolute atomic E-state index is 0. The fraction of sp³-hybridized carbons (Fsp3) is 0.226. The molecule has 4 aromatic rings. The molecule has 0 fully saturated rings. The van der Waals surface area contributed by atoms with Gasteiger partial charge in [-0.25, -0.2) is 6.07 Å². The summed E-state index contributed by atoms with van der Waals surface area (Å²) in [6.07, 6.45) is 1.05. The normalized spacial score (nSPS) is 10.7. The predicted molar refractivity (Wildman–Crippen MR) is 144 cm³/mol. The smallest absolute Gasteiger partial charge is 0.00418 e. The van der Waals surface area contributed by atoms with E-state index in [1.165, 1.54) is 66.4 Å². The summed E-state index contributed by atoms with van der Waals surface area (Å²) in [4.78, 5) is 0. The van der Waals surface area contributed by atoms with E-state index in [0.29, 0.717) is 0 Å². The molecular weight excluding hydrogens is 563 g/mol.